The van der Waals surface area contributed by atoms with E-state index >= 15 is 0 Å². The normalized spacial score (nSPS) is 26.8. The number of hydrogen-bond acceptors (Lipinski definition) is 5. The van der Waals surface area contributed by atoms with Gasteiger partial charge >= 0.3 is 11.9 Å². The van der Waals surface area contributed by atoms with Crippen LogP contribution in [-0.2, 0) is 23.8 Å². The van der Waals surface area contributed by atoms with Crippen molar-refractivity contribution in [3.05, 3.63) is 35.4 Å². The Bertz CT molecular complexity index is 555. The predicted molar refractivity (Wildman–Crippen MR) is 64.0 cm³/mol. The first kappa shape index (κ1) is 12.2. The molecule has 100 valence electrons. The van der Waals surface area contributed by atoms with Crippen molar-refractivity contribution in [2.75, 3.05) is 0 Å². The molecule has 3 rings (SSSR count). The maximum absolute atomic E-state index is 12.0. The zero-order chi connectivity index (χ0) is 13.8. The molecule has 5 heteroatoms. The van der Waals surface area contributed by atoms with Crippen LogP contribution < -0.4 is 0 Å². The van der Waals surface area contributed by atoms with Gasteiger partial charge in [-0.3, -0.25) is 0 Å². The molecule has 1 spiro atoms. The van der Waals surface area contributed by atoms with E-state index in [0.29, 0.717) is 0 Å². The fraction of sp³-hybridized carbons (Fsp3) is 0.429. The van der Waals surface area contributed by atoms with Crippen molar-refractivity contribution < 1.29 is 23.8 Å². The molecule has 1 aromatic rings. The van der Waals surface area contributed by atoms with Gasteiger partial charge in [0.1, 0.15) is 6.10 Å². The van der Waals surface area contributed by atoms with E-state index in [9.17, 15) is 9.59 Å². The lowest BCUT2D eigenvalue weighted by molar-refractivity contribution is -0.241. The van der Waals surface area contributed by atoms with Gasteiger partial charge in [0.2, 0.25) is 0 Å². The second-order valence-electron chi connectivity index (χ2n) is 5.33. The summed E-state index contributed by atoms with van der Waals surface area (Å²) in [5.41, 5.74) is 0.193. The van der Waals surface area contributed by atoms with Crippen molar-refractivity contribution >= 4 is 11.9 Å². The van der Waals surface area contributed by atoms with E-state index in [-0.39, 0.29) is 0 Å². The van der Waals surface area contributed by atoms with Gasteiger partial charge in [-0.05, 0) is 12.5 Å². The second kappa shape index (κ2) is 3.57. The molecule has 2 aliphatic heterocycles. The monoisotopic (exact) mass is 262 g/mol. The van der Waals surface area contributed by atoms with Crippen LogP contribution in [-0.4, -0.2) is 23.3 Å². The average molecular weight is 262 g/mol. The zero-order valence-electron chi connectivity index (χ0n) is 10.9. The number of aryl methyl sites for hydroxylation is 1. The maximum Gasteiger partial charge on any atom is 0.356 e. The van der Waals surface area contributed by atoms with E-state index in [2.05, 4.69) is 0 Å². The van der Waals surface area contributed by atoms with Crippen LogP contribution in [0.5, 0.6) is 0 Å². The predicted octanol–water partition coefficient (Wildman–Crippen LogP) is 1.64. The Labute approximate surface area is 110 Å². The second-order valence-corrected chi connectivity index (χ2v) is 5.33. The van der Waals surface area contributed by atoms with Gasteiger partial charge in [-0.1, -0.05) is 29.8 Å². The largest absolute Gasteiger partial charge is 0.420 e. The first-order valence-corrected chi connectivity index (χ1v) is 6.06. The minimum atomic E-state index is -1.61. The minimum absolute atomic E-state index is 0.622. The van der Waals surface area contributed by atoms with Crippen LogP contribution in [0.15, 0.2) is 24.3 Å². The van der Waals surface area contributed by atoms with Gasteiger partial charge < -0.3 is 14.2 Å². The number of epoxide rings is 1. The number of ether oxygens (including phenoxy) is 3. The molecule has 2 saturated heterocycles. The van der Waals surface area contributed by atoms with Crippen molar-refractivity contribution in [1.29, 1.82) is 0 Å². The zero-order valence-corrected chi connectivity index (χ0v) is 10.9. The lowest BCUT2D eigenvalue weighted by Gasteiger charge is -2.31. The van der Waals surface area contributed by atoms with Crippen molar-refractivity contribution in [1.82, 2.24) is 0 Å². The fourth-order valence-electron chi connectivity index (χ4n) is 2.30. The Balaban J connectivity index is 1.92. The van der Waals surface area contributed by atoms with Gasteiger partial charge in [0, 0.05) is 13.8 Å². The summed E-state index contributed by atoms with van der Waals surface area (Å²) < 4.78 is 15.5. The van der Waals surface area contributed by atoms with Crippen LogP contribution >= 0.6 is 0 Å². The molecule has 1 unspecified atom stereocenters. The van der Waals surface area contributed by atoms with Crippen LogP contribution in [0.2, 0.25) is 0 Å². The summed E-state index contributed by atoms with van der Waals surface area (Å²) >= 11 is 0. The Kier molecular flexibility index (Phi) is 2.29. The number of carbonyl (C=O) groups is 2. The van der Waals surface area contributed by atoms with E-state index in [1.807, 2.05) is 31.2 Å². The molecule has 1 aromatic carbocycles. The van der Waals surface area contributed by atoms with Crippen molar-refractivity contribution in [3.8, 4) is 0 Å². The van der Waals surface area contributed by atoms with E-state index in [1.54, 1.807) is 0 Å². The third-order valence-electron chi connectivity index (χ3n) is 3.24. The van der Waals surface area contributed by atoms with Gasteiger partial charge in [-0.15, -0.1) is 0 Å². The van der Waals surface area contributed by atoms with Crippen LogP contribution in [0.4, 0.5) is 0 Å². The Morgan fingerprint density at radius 1 is 1.11 bits per heavy atom. The lowest BCUT2D eigenvalue weighted by Crippen LogP contribution is -2.52. The summed E-state index contributed by atoms with van der Waals surface area (Å²) in [7, 11) is 0. The summed E-state index contributed by atoms with van der Waals surface area (Å²) in [4.78, 5) is 24.0. The highest BCUT2D eigenvalue weighted by atomic mass is 16.8. The van der Waals surface area contributed by atoms with Crippen molar-refractivity contribution in [2.45, 2.75) is 38.3 Å². The summed E-state index contributed by atoms with van der Waals surface area (Å²) in [6.45, 7) is 4.96. The molecule has 0 aliphatic carbocycles. The Morgan fingerprint density at radius 2 is 1.74 bits per heavy atom. The quantitative estimate of drug-likeness (QED) is 0.437. The van der Waals surface area contributed by atoms with Crippen LogP contribution in [0.25, 0.3) is 0 Å². The highest BCUT2D eigenvalue weighted by Crippen LogP contribution is 2.54. The molecule has 2 aliphatic rings. The first-order valence-electron chi connectivity index (χ1n) is 6.06. The molecular formula is C14H14O5. The highest BCUT2D eigenvalue weighted by Gasteiger charge is 2.75. The molecule has 1 atom stereocenters. The average Bonchev–Trinajstić information content (AvgIpc) is 3.02. The number of esters is 2. The summed E-state index contributed by atoms with van der Waals surface area (Å²) in [5, 5.41) is 0. The molecule has 0 amide bonds. The molecule has 0 bridgehead atoms. The third-order valence-corrected chi connectivity index (χ3v) is 3.24. The number of carbonyl (C=O) groups excluding carboxylic acids is 2. The number of hydrogen-bond donors (Lipinski definition) is 0. The SMILES string of the molecule is Cc1cccc(C2OC23C(=O)OC(C)(C)OC3=O)c1. The molecule has 0 saturated carbocycles. The number of rotatable bonds is 1. The summed E-state index contributed by atoms with van der Waals surface area (Å²) in [6, 6.07) is 7.47. The molecular weight excluding hydrogens is 248 g/mol. The fourth-order valence-corrected chi connectivity index (χ4v) is 2.30. The lowest BCUT2D eigenvalue weighted by atomic mass is 9.97. The highest BCUT2D eigenvalue weighted by molar-refractivity contribution is 6.09. The topological polar surface area (TPSA) is 65.1 Å². The van der Waals surface area contributed by atoms with Gasteiger partial charge in [0.15, 0.2) is 0 Å². The van der Waals surface area contributed by atoms with E-state index in [4.69, 9.17) is 14.2 Å². The van der Waals surface area contributed by atoms with Gasteiger partial charge in [-0.2, -0.15) is 0 Å². The molecule has 19 heavy (non-hydrogen) atoms. The van der Waals surface area contributed by atoms with Gasteiger partial charge in [0.05, 0.1) is 0 Å². The van der Waals surface area contributed by atoms with E-state index < -0.39 is 29.4 Å². The van der Waals surface area contributed by atoms with E-state index in [1.165, 1.54) is 13.8 Å². The molecule has 0 N–H and O–H groups in total. The number of cyclic esters (lactones) is 2. The molecule has 2 fully saturated rings. The Hall–Kier alpha value is -1.88. The Morgan fingerprint density at radius 3 is 2.32 bits per heavy atom. The van der Waals surface area contributed by atoms with Crippen molar-refractivity contribution in [2.24, 2.45) is 0 Å². The standard InChI is InChI=1S/C14H14O5/c1-8-5-4-6-9(7-8)10-14(17-10)11(15)18-13(2,3)19-12(14)16/h4-7,10H,1-3H3. The van der Waals surface area contributed by atoms with Gasteiger partial charge in [-0.25, -0.2) is 9.59 Å². The minimum Gasteiger partial charge on any atom is -0.420 e. The molecule has 0 aromatic heterocycles. The molecule has 5 nitrogen and oxygen atoms in total. The van der Waals surface area contributed by atoms with Crippen LogP contribution in [0.3, 0.4) is 0 Å². The molecule has 0 radical (unpaired) electrons. The summed E-state index contributed by atoms with van der Waals surface area (Å²) in [5.74, 6) is -2.59. The summed E-state index contributed by atoms with van der Waals surface area (Å²) in [6.07, 6.45) is -0.622. The third kappa shape index (κ3) is 1.73. The van der Waals surface area contributed by atoms with Gasteiger partial charge in [0.25, 0.3) is 11.4 Å². The molecule has 2 heterocycles. The van der Waals surface area contributed by atoms with Crippen LogP contribution in [0, 0.1) is 6.92 Å². The van der Waals surface area contributed by atoms with Crippen LogP contribution in [0.1, 0.15) is 31.1 Å². The van der Waals surface area contributed by atoms with Crippen molar-refractivity contribution in [3.63, 3.8) is 0 Å². The maximum atomic E-state index is 12.0. The van der Waals surface area contributed by atoms with E-state index in [0.717, 1.165) is 11.1 Å². The smallest absolute Gasteiger partial charge is 0.356 e. The number of benzene rings is 1. The first-order chi connectivity index (χ1) is 8.85.